The highest BCUT2D eigenvalue weighted by Crippen LogP contribution is 2.31. The Morgan fingerprint density at radius 3 is 1.69 bits per heavy atom. The second-order valence-electron chi connectivity index (χ2n) is 9.38. The largest absolute Gasteiger partial charge is 0.490 e. The summed E-state index contributed by atoms with van der Waals surface area (Å²) in [5, 5.41) is 21.4. The minimum absolute atomic E-state index is 0.0277. The second kappa shape index (κ2) is 17.0. The number of aromatic nitrogens is 1. The van der Waals surface area contributed by atoms with Gasteiger partial charge in [0.1, 0.15) is 0 Å². The number of likely N-dealkylation sites (tertiary alicyclic amines) is 1. The fraction of sp³-hybridized carbons (Fsp3) is 0.520. The van der Waals surface area contributed by atoms with E-state index < -0.39 is 36.4 Å². The lowest BCUT2D eigenvalue weighted by Gasteiger charge is -2.47. The molecule has 254 valence electrons. The van der Waals surface area contributed by atoms with Crippen LogP contribution in [0.1, 0.15) is 24.1 Å². The molecule has 0 bridgehead atoms. The van der Waals surface area contributed by atoms with Gasteiger partial charge < -0.3 is 24.5 Å². The summed E-state index contributed by atoms with van der Waals surface area (Å²) in [5.74, 6) is -8.27. The first-order chi connectivity index (χ1) is 20.6. The lowest BCUT2D eigenvalue weighted by atomic mass is 9.89. The van der Waals surface area contributed by atoms with Gasteiger partial charge in [-0.2, -0.15) is 39.5 Å². The summed E-state index contributed by atoms with van der Waals surface area (Å²) in [7, 11) is 0. The summed E-state index contributed by atoms with van der Waals surface area (Å²) in [6.07, 6.45) is -7.58. The molecule has 2 fully saturated rings. The van der Waals surface area contributed by atoms with Crippen LogP contribution in [0.2, 0.25) is 0 Å². The topological polar surface area (TPSA) is 154 Å². The van der Waals surface area contributed by atoms with E-state index in [1.54, 1.807) is 6.26 Å². The van der Waals surface area contributed by atoms with Crippen molar-refractivity contribution in [1.29, 1.82) is 0 Å². The summed E-state index contributed by atoms with van der Waals surface area (Å²) >= 11 is 0. The molecule has 0 atom stereocenters. The van der Waals surface area contributed by atoms with Crippen LogP contribution in [0.3, 0.4) is 0 Å². The quantitative estimate of drug-likeness (QED) is 0.396. The average molecular weight is 669 g/mol. The zero-order valence-corrected chi connectivity index (χ0v) is 23.0. The molecule has 0 aromatic carbocycles. The fourth-order valence-corrected chi connectivity index (χ4v) is 3.84. The minimum Gasteiger partial charge on any atom is -0.475 e. The van der Waals surface area contributed by atoms with E-state index in [9.17, 15) is 39.5 Å². The number of nitrogens with zero attached hydrogens (tertiary/aromatic N) is 3. The number of morpholine rings is 1. The maximum Gasteiger partial charge on any atom is 0.490 e. The third kappa shape index (κ3) is 15.6. The number of pyridine rings is 1. The van der Waals surface area contributed by atoms with Crippen molar-refractivity contribution in [3.63, 3.8) is 0 Å². The maximum atomic E-state index is 10.6. The smallest absolute Gasteiger partial charge is 0.475 e. The Morgan fingerprint density at radius 2 is 1.29 bits per heavy atom. The number of rotatable bonds is 4. The first kappa shape index (κ1) is 39.1. The summed E-state index contributed by atoms with van der Waals surface area (Å²) in [4.78, 5) is 36.1. The number of hydrogen-bond donors (Lipinski definition) is 3. The molecule has 45 heavy (non-hydrogen) atoms. The van der Waals surface area contributed by atoms with Gasteiger partial charge in [0.05, 0.1) is 30.4 Å². The normalized spacial score (nSPS) is 17.0. The summed E-state index contributed by atoms with van der Waals surface area (Å²) in [6.45, 7) is 6.91. The summed E-state index contributed by atoms with van der Waals surface area (Å²) in [6, 6.07) is 8.19. The number of piperidine rings is 1. The van der Waals surface area contributed by atoms with Gasteiger partial charge in [-0.1, -0.05) is 6.07 Å². The number of halogens is 9. The Hall–Kier alpha value is -3.91. The lowest BCUT2D eigenvalue weighted by Crippen LogP contribution is -2.56. The van der Waals surface area contributed by atoms with Gasteiger partial charge in [0.25, 0.3) is 0 Å². The molecular formula is C25H28F9N3O8. The van der Waals surface area contributed by atoms with Gasteiger partial charge in [0, 0.05) is 51.0 Å². The lowest BCUT2D eigenvalue weighted by molar-refractivity contribution is -0.193. The van der Waals surface area contributed by atoms with Crippen LogP contribution in [0.4, 0.5) is 39.5 Å². The molecule has 0 saturated carbocycles. The van der Waals surface area contributed by atoms with Crippen molar-refractivity contribution in [2.75, 3.05) is 32.8 Å². The molecule has 0 unspecified atom stereocenters. The van der Waals surface area contributed by atoms with Crippen LogP contribution in [0.15, 0.2) is 47.4 Å². The van der Waals surface area contributed by atoms with Gasteiger partial charge in [-0.05, 0) is 31.0 Å². The van der Waals surface area contributed by atoms with Crippen molar-refractivity contribution < 1.29 is 78.4 Å². The first-order valence-electron chi connectivity index (χ1n) is 12.5. The molecule has 2 aliphatic heterocycles. The van der Waals surface area contributed by atoms with Crippen molar-refractivity contribution in [2.24, 2.45) is 0 Å². The van der Waals surface area contributed by atoms with Crippen molar-refractivity contribution in [3.05, 3.63) is 54.2 Å². The number of furan rings is 1. The van der Waals surface area contributed by atoms with E-state index in [4.69, 9.17) is 38.9 Å². The van der Waals surface area contributed by atoms with Crippen LogP contribution < -0.4 is 0 Å². The Balaban J connectivity index is 0.000000396. The van der Waals surface area contributed by atoms with E-state index in [0.29, 0.717) is 0 Å². The van der Waals surface area contributed by atoms with Crippen LogP contribution in [-0.2, 0) is 32.2 Å². The Morgan fingerprint density at radius 1 is 0.778 bits per heavy atom. The molecule has 0 radical (unpaired) electrons. The molecule has 0 amide bonds. The second-order valence-corrected chi connectivity index (χ2v) is 9.38. The van der Waals surface area contributed by atoms with Crippen LogP contribution in [0, 0.1) is 0 Å². The number of hydrogen-bond acceptors (Lipinski definition) is 8. The van der Waals surface area contributed by atoms with Crippen LogP contribution >= 0.6 is 0 Å². The highest BCUT2D eigenvalue weighted by Gasteiger charge is 2.41. The molecule has 2 aromatic heterocycles. The SMILES string of the molecule is O=C(O)C(F)(F)F.O=C(O)C(F)(F)F.O=C(O)C(F)(F)F.c1ccc(CN2CCOC3(CCN(Cc4ccoc4)CC3)C2)nc1. The zero-order valence-electron chi connectivity index (χ0n) is 23.0. The number of carboxylic acids is 3. The van der Waals surface area contributed by atoms with Crippen molar-refractivity contribution in [1.82, 2.24) is 14.8 Å². The molecule has 1 spiro atoms. The predicted octanol–water partition coefficient (Wildman–Crippen LogP) is 4.44. The summed E-state index contributed by atoms with van der Waals surface area (Å²) < 4.78 is 107. The monoisotopic (exact) mass is 669 g/mol. The van der Waals surface area contributed by atoms with Gasteiger partial charge in [0.15, 0.2) is 0 Å². The molecule has 20 heteroatoms. The van der Waals surface area contributed by atoms with Crippen LogP contribution in [0.5, 0.6) is 0 Å². The molecule has 2 aromatic rings. The number of ether oxygens (including phenoxy) is 1. The molecular weight excluding hydrogens is 641 g/mol. The first-order valence-corrected chi connectivity index (χ1v) is 12.5. The van der Waals surface area contributed by atoms with Gasteiger partial charge in [0.2, 0.25) is 0 Å². The third-order valence-corrected chi connectivity index (χ3v) is 5.92. The number of aliphatic carboxylic acids is 3. The maximum absolute atomic E-state index is 10.6. The van der Waals surface area contributed by atoms with E-state index in [0.717, 1.165) is 64.4 Å². The van der Waals surface area contributed by atoms with Gasteiger partial charge in [-0.3, -0.25) is 14.8 Å². The van der Waals surface area contributed by atoms with E-state index in [-0.39, 0.29) is 5.60 Å². The van der Waals surface area contributed by atoms with E-state index in [1.807, 2.05) is 18.5 Å². The highest BCUT2D eigenvalue weighted by molar-refractivity contribution is 5.73. The van der Waals surface area contributed by atoms with E-state index >= 15 is 0 Å². The Labute approximate surface area is 248 Å². The number of carbonyl (C=O) groups is 3. The number of carboxylic acid groups (broad SMARTS) is 3. The molecule has 3 N–H and O–H groups in total. The molecule has 2 aliphatic rings. The van der Waals surface area contributed by atoms with Gasteiger partial charge >= 0.3 is 36.4 Å². The fourth-order valence-electron chi connectivity index (χ4n) is 3.84. The molecule has 4 rings (SSSR count). The van der Waals surface area contributed by atoms with Crippen molar-refractivity contribution in [2.45, 2.75) is 50.1 Å². The van der Waals surface area contributed by atoms with Gasteiger partial charge in [-0.25, -0.2) is 14.4 Å². The van der Waals surface area contributed by atoms with Gasteiger partial charge in [-0.15, -0.1) is 0 Å². The zero-order chi connectivity index (χ0) is 34.5. The van der Waals surface area contributed by atoms with Crippen molar-refractivity contribution in [3.8, 4) is 0 Å². The number of alkyl halides is 9. The third-order valence-electron chi connectivity index (χ3n) is 5.92. The Bertz CT molecular complexity index is 1130. The molecule has 2 saturated heterocycles. The van der Waals surface area contributed by atoms with Crippen LogP contribution in [0.25, 0.3) is 0 Å². The Kier molecular flexibility index (Phi) is 14.7. The summed E-state index contributed by atoms with van der Waals surface area (Å²) in [5.41, 5.74) is 2.43. The van der Waals surface area contributed by atoms with E-state index in [2.05, 4.69) is 33.0 Å². The molecule has 0 aliphatic carbocycles. The molecule has 4 heterocycles. The van der Waals surface area contributed by atoms with Crippen molar-refractivity contribution >= 4 is 17.9 Å². The van der Waals surface area contributed by atoms with Crippen LogP contribution in [-0.4, -0.2) is 105 Å². The molecule has 11 nitrogen and oxygen atoms in total. The standard InChI is InChI=1S/C19H25N3O2.3C2HF3O2/c1-2-7-20-18(3-1)14-22-10-12-24-19(16-22)5-8-21(9-6-19)13-17-4-11-23-15-17;3*3-2(4,5)1(6)7/h1-4,7,11,15H,5-6,8-10,12-14,16H2;3*(H,6,7). The van der Waals surface area contributed by atoms with E-state index in [1.165, 1.54) is 5.56 Å². The predicted molar refractivity (Wildman–Crippen MR) is 132 cm³/mol. The highest BCUT2D eigenvalue weighted by atomic mass is 19.4. The average Bonchev–Trinajstić information content (AvgIpc) is 3.44. The minimum atomic E-state index is -5.08.